The molecule has 1 aromatic rings. The van der Waals surface area contributed by atoms with Crippen molar-refractivity contribution in [3.05, 3.63) is 17.7 Å². The first kappa shape index (κ1) is 20.5. The summed E-state index contributed by atoms with van der Waals surface area (Å²) in [4.78, 5) is 12.2. The predicted molar refractivity (Wildman–Crippen MR) is 77.9 cm³/mol. The summed E-state index contributed by atoms with van der Waals surface area (Å²) in [7, 11) is 1.49. The van der Waals surface area contributed by atoms with Crippen molar-refractivity contribution in [2.45, 2.75) is 18.2 Å². The molecule has 0 spiro atoms. The van der Waals surface area contributed by atoms with E-state index in [2.05, 4.69) is 37.3 Å². The van der Waals surface area contributed by atoms with E-state index in [1.807, 2.05) is 6.92 Å². The Bertz CT molecular complexity index is 449. The fourth-order valence-corrected chi connectivity index (χ4v) is 2.41. The smallest absolute Gasteiger partial charge is 0.691 e. The first-order valence-electron chi connectivity index (χ1n) is 5.30. The van der Waals surface area contributed by atoms with Crippen LogP contribution in [0.15, 0.2) is 17.0 Å². The Kier molecular flexibility index (Phi) is 11.3. The molecule has 0 aliphatic heterocycles. The second-order valence-electron chi connectivity index (χ2n) is 3.52. The maximum atomic E-state index is 11.6. The number of carbonyl (C=O) groups excluding carboxylic acids is 1. The number of hydrogen-bond acceptors (Lipinski definition) is 6. The molecule has 0 aromatic heterocycles. The van der Waals surface area contributed by atoms with Gasteiger partial charge in [-0.05, 0) is 18.6 Å². The van der Waals surface area contributed by atoms with E-state index in [0.29, 0.717) is 22.8 Å². The molecular formula is C11H13INNaO5S. The molecule has 1 N–H and O–H groups in total. The van der Waals surface area contributed by atoms with E-state index in [0.717, 1.165) is 22.0 Å². The molecular weight excluding hydrogens is 408 g/mol. The molecule has 6 nitrogen and oxygen atoms in total. The van der Waals surface area contributed by atoms with Crippen molar-refractivity contribution in [2.24, 2.45) is 0 Å². The summed E-state index contributed by atoms with van der Waals surface area (Å²) < 4.78 is 10.2. The van der Waals surface area contributed by atoms with E-state index in [1.54, 1.807) is 12.1 Å². The number of carbonyl (C=O) groups is 1. The molecule has 0 saturated heterocycles. The Labute approximate surface area is 157 Å². The van der Waals surface area contributed by atoms with Crippen LogP contribution in [0.25, 0.3) is 0 Å². The molecule has 0 aliphatic rings. The minimum absolute atomic E-state index is 0. The molecule has 0 bridgehead atoms. The topological polar surface area (TPSA) is 79.9 Å². The van der Waals surface area contributed by atoms with Gasteiger partial charge < -0.3 is 15.3 Å². The summed E-state index contributed by atoms with van der Waals surface area (Å²) in [5.41, 5.74) is 1.50. The summed E-state index contributed by atoms with van der Waals surface area (Å²) in [6.07, 6.45) is 0.450. The molecule has 0 aliphatic carbocycles. The maximum Gasteiger partial charge on any atom is 1.00 e. The van der Waals surface area contributed by atoms with Crippen LogP contribution in [-0.4, -0.2) is 17.4 Å². The normalized spacial score (nSPS) is 9.80. The van der Waals surface area contributed by atoms with E-state index in [4.69, 9.17) is 4.74 Å². The maximum absolute atomic E-state index is 11.6. The molecule has 1 aromatic carbocycles. The third-order valence-corrected chi connectivity index (χ3v) is 3.42. The average molecular weight is 421 g/mol. The Morgan fingerprint density at radius 1 is 1.50 bits per heavy atom. The Hall–Kier alpha value is 0.450. The SMILES string of the molecule is COc1cc(NC(=O)CCI)c(C)cc1SOO[O-].[Na+]. The number of benzene rings is 1. The second-order valence-corrected chi connectivity index (χ2v) is 5.35. The van der Waals surface area contributed by atoms with E-state index < -0.39 is 0 Å². The van der Waals surface area contributed by atoms with Gasteiger partial charge in [-0.2, -0.15) is 4.33 Å². The van der Waals surface area contributed by atoms with Gasteiger partial charge in [0.25, 0.3) is 0 Å². The van der Waals surface area contributed by atoms with Gasteiger partial charge in [0.05, 0.1) is 24.0 Å². The first-order chi connectivity index (χ1) is 9.12. The van der Waals surface area contributed by atoms with Crippen molar-refractivity contribution in [3.63, 3.8) is 0 Å². The summed E-state index contributed by atoms with van der Waals surface area (Å²) in [6.45, 7) is 1.83. The molecule has 1 rings (SSSR count). The van der Waals surface area contributed by atoms with Crippen LogP contribution in [0.4, 0.5) is 5.69 Å². The molecule has 0 radical (unpaired) electrons. The zero-order valence-electron chi connectivity index (χ0n) is 11.4. The van der Waals surface area contributed by atoms with Crippen LogP contribution in [0, 0.1) is 6.92 Å². The first-order valence-corrected chi connectivity index (χ1v) is 7.56. The molecule has 0 saturated carbocycles. The van der Waals surface area contributed by atoms with Gasteiger partial charge in [0.2, 0.25) is 5.91 Å². The van der Waals surface area contributed by atoms with Crippen molar-refractivity contribution in [1.29, 1.82) is 0 Å². The summed E-state index contributed by atoms with van der Waals surface area (Å²) in [5, 5.41) is 15.9. The van der Waals surface area contributed by atoms with Gasteiger partial charge in [-0.1, -0.05) is 22.6 Å². The third-order valence-electron chi connectivity index (χ3n) is 2.26. The number of amides is 1. The fourth-order valence-electron chi connectivity index (χ4n) is 1.37. The van der Waals surface area contributed by atoms with Crippen LogP contribution in [-0.2, 0) is 14.2 Å². The van der Waals surface area contributed by atoms with Crippen molar-refractivity contribution in [3.8, 4) is 5.75 Å². The number of aryl methyl sites for hydroxylation is 1. The summed E-state index contributed by atoms with van der Waals surface area (Å²) >= 11 is 2.89. The fraction of sp³-hybridized carbons (Fsp3) is 0.364. The van der Waals surface area contributed by atoms with Crippen LogP contribution in [0.3, 0.4) is 0 Å². The molecule has 0 heterocycles. The Morgan fingerprint density at radius 3 is 2.75 bits per heavy atom. The molecule has 20 heavy (non-hydrogen) atoms. The van der Waals surface area contributed by atoms with Gasteiger partial charge in [0, 0.05) is 22.6 Å². The van der Waals surface area contributed by atoms with Crippen LogP contribution in [0.2, 0.25) is 0 Å². The van der Waals surface area contributed by atoms with Crippen molar-refractivity contribution >= 4 is 46.2 Å². The number of hydrogen-bond donors (Lipinski definition) is 1. The van der Waals surface area contributed by atoms with Gasteiger partial charge >= 0.3 is 29.6 Å². The van der Waals surface area contributed by atoms with Gasteiger partial charge in [0.15, 0.2) is 0 Å². The van der Waals surface area contributed by atoms with E-state index in [-0.39, 0.29) is 35.5 Å². The largest absolute Gasteiger partial charge is 1.00 e. The van der Waals surface area contributed by atoms with Crippen molar-refractivity contribution in [1.82, 2.24) is 0 Å². The third kappa shape index (κ3) is 6.48. The average Bonchev–Trinajstić information content (AvgIpc) is 2.39. The monoisotopic (exact) mass is 421 g/mol. The molecule has 0 atom stereocenters. The number of halogens is 1. The van der Waals surface area contributed by atoms with Crippen LogP contribution >= 0.6 is 34.6 Å². The standard InChI is InChI=1S/C11H14INO5S.Na/c1-7-5-10(19-18-17-15)9(16-2)6-8(7)13-11(14)3-4-12;/h5-6,15H,3-4H2,1-2H3,(H,13,14);/q;+1/p-1. The van der Waals surface area contributed by atoms with Crippen LogP contribution in [0.5, 0.6) is 5.75 Å². The Balaban J connectivity index is 0.00000361. The Morgan fingerprint density at radius 2 is 2.20 bits per heavy atom. The number of ether oxygens (including phenoxy) is 1. The number of rotatable bonds is 7. The van der Waals surface area contributed by atoms with Crippen LogP contribution < -0.4 is 44.9 Å². The van der Waals surface area contributed by atoms with Gasteiger partial charge in [-0.15, -0.1) is 0 Å². The quantitative estimate of drug-likeness (QED) is 0.152. The van der Waals surface area contributed by atoms with Gasteiger partial charge in [0.1, 0.15) is 5.75 Å². The van der Waals surface area contributed by atoms with Crippen LogP contribution in [0.1, 0.15) is 12.0 Å². The summed E-state index contributed by atoms with van der Waals surface area (Å²) in [6, 6.07) is 3.42. The minimum atomic E-state index is -0.0564. The molecule has 1 amide bonds. The summed E-state index contributed by atoms with van der Waals surface area (Å²) in [5.74, 6) is 0.427. The number of nitrogens with one attached hydrogen (secondary N) is 1. The second kappa shape index (κ2) is 11.1. The van der Waals surface area contributed by atoms with E-state index in [9.17, 15) is 10.1 Å². The van der Waals surface area contributed by atoms with Gasteiger partial charge in [-0.25, -0.2) is 0 Å². The zero-order valence-corrected chi connectivity index (χ0v) is 16.4. The molecule has 0 fully saturated rings. The number of alkyl halides is 1. The molecule has 106 valence electrons. The van der Waals surface area contributed by atoms with Gasteiger partial charge in [-0.3, -0.25) is 9.83 Å². The van der Waals surface area contributed by atoms with Crippen molar-refractivity contribution in [2.75, 3.05) is 16.9 Å². The number of methoxy groups -OCH3 is 1. The zero-order chi connectivity index (χ0) is 14.3. The molecule has 0 unspecified atom stereocenters. The minimum Gasteiger partial charge on any atom is -0.691 e. The predicted octanol–water partition coefficient (Wildman–Crippen LogP) is -0.998. The number of anilines is 1. The molecule has 9 heteroatoms. The van der Waals surface area contributed by atoms with E-state index >= 15 is 0 Å². The van der Waals surface area contributed by atoms with Crippen molar-refractivity contribution < 1.29 is 53.7 Å². The van der Waals surface area contributed by atoms with E-state index in [1.165, 1.54) is 7.11 Å².